The van der Waals surface area contributed by atoms with Crippen LogP contribution in [0.5, 0.6) is 5.75 Å². The quantitative estimate of drug-likeness (QED) is 0.406. The van der Waals surface area contributed by atoms with Crippen molar-refractivity contribution in [1.82, 2.24) is 5.32 Å². The van der Waals surface area contributed by atoms with E-state index >= 15 is 0 Å². The van der Waals surface area contributed by atoms with E-state index in [-0.39, 0.29) is 24.0 Å². The Bertz CT molecular complexity index is 635. The summed E-state index contributed by atoms with van der Waals surface area (Å²) in [6.45, 7) is 1.20. The van der Waals surface area contributed by atoms with Crippen molar-refractivity contribution in [3.05, 3.63) is 64.7 Å². The molecule has 0 aromatic heterocycles. The van der Waals surface area contributed by atoms with Crippen molar-refractivity contribution < 1.29 is 4.74 Å². The summed E-state index contributed by atoms with van der Waals surface area (Å²) in [5.74, 6) is 1.14. The van der Waals surface area contributed by atoms with E-state index in [2.05, 4.69) is 22.4 Å². The van der Waals surface area contributed by atoms with Crippen LogP contribution in [-0.4, -0.2) is 19.6 Å². The summed E-state index contributed by atoms with van der Waals surface area (Å²) in [4.78, 5) is 4.32. The minimum atomic E-state index is 0. The first-order valence-electron chi connectivity index (χ1n) is 7.09. The van der Waals surface area contributed by atoms with Crippen LogP contribution in [0, 0.1) is 0 Å². The van der Waals surface area contributed by atoms with Gasteiger partial charge in [-0.1, -0.05) is 48.0 Å². The Morgan fingerprint density at radius 3 is 2.65 bits per heavy atom. The lowest BCUT2D eigenvalue weighted by Crippen LogP contribution is -2.33. The molecule has 0 radical (unpaired) electrons. The molecule has 0 aliphatic rings. The van der Waals surface area contributed by atoms with Crippen LogP contribution in [0.2, 0.25) is 5.02 Å². The molecule has 0 fully saturated rings. The summed E-state index contributed by atoms with van der Waals surface area (Å²) in [5, 5.41) is 3.75. The molecular formula is C17H21ClIN3O. The van der Waals surface area contributed by atoms with E-state index in [4.69, 9.17) is 22.1 Å². The van der Waals surface area contributed by atoms with E-state index in [1.165, 1.54) is 5.56 Å². The maximum atomic E-state index is 5.93. The number of nitrogens with zero attached hydrogens (tertiary/aromatic N) is 1. The monoisotopic (exact) mass is 445 g/mol. The Morgan fingerprint density at radius 2 is 1.96 bits per heavy atom. The number of hydrogen-bond acceptors (Lipinski definition) is 2. The molecule has 0 saturated carbocycles. The van der Waals surface area contributed by atoms with Gasteiger partial charge in [0.05, 0.1) is 13.7 Å². The van der Waals surface area contributed by atoms with Crippen LogP contribution in [-0.2, 0) is 13.0 Å². The third kappa shape index (κ3) is 6.66. The number of hydrogen-bond donors (Lipinski definition) is 2. The third-order valence-corrected chi connectivity index (χ3v) is 3.47. The van der Waals surface area contributed by atoms with Crippen molar-refractivity contribution in [2.75, 3.05) is 13.7 Å². The van der Waals surface area contributed by atoms with Crippen molar-refractivity contribution in [3.8, 4) is 5.75 Å². The van der Waals surface area contributed by atoms with E-state index in [0.717, 1.165) is 18.5 Å². The van der Waals surface area contributed by atoms with Gasteiger partial charge in [-0.3, -0.25) is 0 Å². The molecule has 0 saturated heterocycles. The highest BCUT2D eigenvalue weighted by Crippen LogP contribution is 2.23. The Hall–Kier alpha value is -1.47. The van der Waals surface area contributed by atoms with Gasteiger partial charge < -0.3 is 15.8 Å². The molecule has 0 aliphatic carbocycles. The molecule has 23 heavy (non-hydrogen) atoms. The lowest BCUT2D eigenvalue weighted by Gasteiger charge is -2.08. The van der Waals surface area contributed by atoms with Crippen molar-refractivity contribution >= 4 is 41.5 Å². The Morgan fingerprint density at radius 1 is 1.22 bits per heavy atom. The molecule has 0 atom stereocenters. The van der Waals surface area contributed by atoms with Gasteiger partial charge in [-0.15, -0.1) is 24.0 Å². The van der Waals surface area contributed by atoms with Crippen LogP contribution in [0.3, 0.4) is 0 Å². The van der Waals surface area contributed by atoms with E-state index in [1.54, 1.807) is 13.2 Å². The normalized spacial score (nSPS) is 10.8. The number of nitrogens with two attached hydrogens (primary N) is 1. The molecule has 6 heteroatoms. The number of ether oxygens (including phenoxy) is 1. The molecule has 0 aliphatic heterocycles. The van der Waals surface area contributed by atoms with E-state index in [1.807, 2.05) is 30.3 Å². The summed E-state index contributed by atoms with van der Waals surface area (Å²) < 4.78 is 5.28. The highest BCUT2D eigenvalue weighted by Gasteiger charge is 2.03. The Labute approximate surface area is 159 Å². The minimum absolute atomic E-state index is 0. The van der Waals surface area contributed by atoms with Gasteiger partial charge in [0.15, 0.2) is 5.96 Å². The van der Waals surface area contributed by atoms with Gasteiger partial charge in [-0.25, -0.2) is 4.99 Å². The SMILES string of the molecule is COc1cc(Cl)ccc1CN=C(N)NCCc1ccccc1.I. The van der Waals surface area contributed by atoms with Crippen LogP contribution < -0.4 is 15.8 Å². The molecule has 0 spiro atoms. The van der Waals surface area contributed by atoms with Gasteiger partial charge in [0.2, 0.25) is 0 Å². The molecule has 3 N–H and O–H groups in total. The van der Waals surface area contributed by atoms with Crippen LogP contribution in [0.25, 0.3) is 0 Å². The summed E-state index contributed by atoms with van der Waals surface area (Å²) >= 11 is 5.93. The molecule has 0 bridgehead atoms. The van der Waals surface area contributed by atoms with Gasteiger partial charge in [0.25, 0.3) is 0 Å². The van der Waals surface area contributed by atoms with Gasteiger partial charge in [-0.2, -0.15) is 0 Å². The topological polar surface area (TPSA) is 59.6 Å². The number of rotatable bonds is 6. The molecule has 0 unspecified atom stereocenters. The van der Waals surface area contributed by atoms with Crippen LogP contribution in [0.4, 0.5) is 0 Å². The van der Waals surface area contributed by atoms with Gasteiger partial charge in [0, 0.05) is 17.1 Å². The van der Waals surface area contributed by atoms with Crippen LogP contribution >= 0.6 is 35.6 Å². The standard InChI is InChI=1S/C17H20ClN3O.HI/c1-22-16-11-15(18)8-7-14(16)12-21-17(19)20-10-9-13-5-3-2-4-6-13;/h2-8,11H,9-10,12H2,1H3,(H3,19,20,21);1H. The average Bonchev–Trinajstić information content (AvgIpc) is 2.54. The molecule has 2 aromatic rings. The van der Waals surface area contributed by atoms with Gasteiger partial charge >= 0.3 is 0 Å². The lowest BCUT2D eigenvalue weighted by atomic mass is 10.1. The van der Waals surface area contributed by atoms with Crippen LogP contribution in [0.15, 0.2) is 53.5 Å². The first kappa shape index (κ1) is 19.6. The fourth-order valence-corrected chi connectivity index (χ4v) is 2.22. The second-order valence-electron chi connectivity index (χ2n) is 4.82. The number of nitrogens with one attached hydrogen (secondary N) is 1. The van der Waals surface area contributed by atoms with Crippen molar-refractivity contribution in [2.45, 2.75) is 13.0 Å². The van der Waals surface area contributed by atoms with Crippen molar-refractivity contribution in [3.63, 3.8) is 0 Å². The van der Waals surface area contributed by atoms with Crippen molar-refractivity contribution in [2.24, 2.45) is 10.7 Å². The fourth-order valence-electron chi connectivity index (χ4n) is 2.05. The second-order valence-corrected chi connectivity index (χ2v) is 5.26. The van der Waals surface area contributed by atoms with Crippen molar-refractivity contribution in [1.29, 1.82) is 0 Å². The Kier molecular flexibility index (Phi) is 8.79. The predicted molar refractivity (Wildman–Crippen MR) is 107 cm³/mol. The zero-order chi connectivity index (χ0) is 15.8. The van der Waals surface area contributed by atoms with Gasteiger partial charge in [0.1, 0.15) is 5.75 Å². The maximum Gasteiger partial charge on any atom is 0.188 e. The summed E-state index contributed by atoms with van der Waals surface area (Å²) in [7, 11) is 1.61. The second kappa shape index (κ2) is 10.3. The lowest BCUT2D eigenvalue weighted by molar-refractivity contribution is 0.410. The summed E-state index contributed by atoms with van der Waals surface area (Å²) in [5.41, 5.74) is 8.09. The number of benzene rings is 2. The van der Waals surface area contributed by atoms with E-state index in [9.17, 15) is 0 Å². The number of methoxy groups -OCH3 is 1. The summed E-state index contributed by atoms with van der Waals surface area (Å²) in [6.07, 6.45) is 0.904. The van der Waals surface area contributed by atoms with E-state index in [0.29, 0.717) is 23.3 Å². The minimum Gasteiger partial charge on any atom is -0.496 e. The highest BCUT2D eigenvalue weighted by molar-refractivity contribution is 14.0. The zero-order valence-corrected chi connectivity index (χ0v) is 16.0. The fraction of sp³-hybridized carbons (Fsp3) is 0.235. The first-order chi connectivity index (χ1) is 10.7. The largest absolute Gasteiger partial charge is 0.496 e. The summed E-state index contributed by atoms with van der Waals surface area (Å²) in [6, 6.07) is 15.7. The predicted octanol–water partition coefficient (Wildman–Crippen LogP) is 3.61. The highest BCUT2D eigenvalue weighted by atomic mass is 127. The average molecular weight is 446 g/mol. The number of aliphatic imine (C=N–C) groups is 1. The third-order valence-electron chi connectivity index (χ3n) is 3.23. The van der Waals surface area contributed by atoms with Gasteiger partial charge in [-0.05, 0) is 24.1 Å². The first-order valence-corrected chi connectivity index (χ1v) is 7.47. The smallest absolute Gasteiger partial charge is 0.188 e. The molecular weight excluding hydrogens is 425 g/mol. The number of halogens is 2. The molecule has 2 aromatic carbocycles. The molecule has 124 valence electrons. The molecule has 0 amide bonds. The maximum absolute atomic E-state index is 5.93. The Balaban J connectivity index is 0.00000264. The molecule has 4 nitrogen and oxygen atoms in total. The number of guanidine groups is 1. The molecule has 2 rings (SSSR count). The zero-order valence-electron chi connectivity index (χ0n) is 13.0. The van der Waals surface area contributed by atoms with Crippen LogP contribution in [0.1, 0.15) is 11.1 Å². The molecule has 0 heterocycles. The van der Waals surface area contributed by atoms with E-state index < -0.39 is 0 Å².